The average molecular weight is 296 g/mol. The van der Waals surface area contributed by atoms with Crippen LogP contribution in [0.1, 0.15) is 33.3 Å². The monoisotopic (exact) mass is 296 g/mol. The van der Waals surface area contributed by atoms with E-state index in [4.69, 9.17) is 4.74 Å². The van der Waals surface area contributed by atoms with Gasteiger partial charge in [0.1, 0.15) is 0 Å². The summed E-state index contributed by atoms with van der Waals surface area (Å²) in [6.45, 7) is 9.64. The molecule has 0 bridgehead atoms. The van der Waals surface area contributed by atoms with Crippen molar-refractivity contribution < 1.29 is 13.9 Å². The number of benzene rings is 1. The largest absolute Gasteiger partial charge is 0.478 e. The van der Waals surface area contributed by atoms with Gasteiger partial charge in [0.2, 0.25) is 0 Å². The second-order valence-electron chi connectivity index (χ2n) is 5.44. The van der Waals surface area contributed by atoms with Crippen molar-refractivity contribution in [1.82, 2.24) is 10.6 Å². The molecule has 2 N–H and O–H groups in total. The number of ether oxygens (including phenoxy) is 1. The minimum atomic E-state index is -0.724. The lowest BCUT2D eigenvalue weighted by Crippen LogP contribution is -2.38. The lowest BCUT2D eigenvalue weighted by molar-refractivity contribution is -0.127. The zero-order valence-electron chi connectivity index (χ0n) is 13.2. The number of hydrogen-bond acceptors (Lipinski definition) is 3. The Hall–Kier alpha value is -1.62. The zero-order chi connectivity index (χ0) is 15.8. The van der Waals surface area contributed by atoms with Crippen molar-refractivity contribution in [3.63, 3.8) is 0 Å². The molecule has 1 rings (SSSR count). The molecule has 0 aromatic heterocycles. The van der Waals surface area contributed by atoms with E-state index < -0.39 is 11.9 Å². The first-order valence-corrected chi connectivity index (χ1v) is 7.37. The zero-order valence-corrected chi connectivity index (χ0v) is 13.2. The van der Waals surface area contributed by atoms with E-state index in [1.54, 1.807) is 19.1 Å². The van der Waals surface area contributed by atoms with Crippen LogP contribution in [0.4, 0.5) is 4.39 Å². The summed E-state index contributed by atoms with van der Waals surface area (Å²) in [4.78, 5) is 11.8. The minimum absolute atomic E-state index is 0.0995. The molecule has 1 amide bonds. The fourth-order valence-corrected chi connectivity index (χ4v) is 1.71. The Kier molecular flexibility index (Phi) is 7.15. The molecule has 0 aliphatic carbocycles. The highest BCUT2D eigenvalue weighted by Crippen LogP contribution is 2.19. The highest BCUT2D eigenvalue weighted by atomic mass is 19.1. The maximum atomic E-state index is 13.9. The number of hydrogen-bond donors (Lipinski definition) is 2. The SMILES string of the molecule is CCNCc1ccc(OC(C)C(=O)NCC(C)C)c(F)c1. The Morgan fingerprint density at radius 1 is 1.33 bits per heavy atom. The van der Waals surface area contributed by atoms with Gasteiger partial charge in [0.25, 0.3) is 5.91 Å². The van der Waals surface area contributed by atoms with E-state index in [2.05, 4.69) is 10.6 Å². The number of nitrogens with one attached hydrogen (secondary N) is 2. The van der Waals surface area contributed by atoms with Crippen LogP contribution in [0.15, 0.2) is 18.2 Å². The molecule has 0 fully saturated rings. The van der Waals surface area contributed by atoms with Crippen molar-refractivity contribution in [3.05, 3.63) is 29.6 Å². The van der Waals surface area contributed by atoms with Gasteiger partial charge in [-0.3, -0.25) is 4.79 Å². The molecule has 4 nitrogen and oxygen atoms in total. The molecule has 21 heavy (non-hydrogen) atoms. The Morgan fingerprint density at radius 2 is 2.05 bits per heavy atom. The van der Waals surface area contributed by atoms with Gasteiger partial charge in [0.15, 0.2) is 17.7 Å². The molecule has 0 saturated carbocycles. The smallest absolute Gasteiger partial charge is 0.260 e. The lowest BCUT2D eigenvalue weighted by atomic mass is 10.2. The molecular formula is C16H25FN2O2. The van der Waals surface area contributed by atoms with Crippen LogP contribution >= 0.6 is 0 Å². The number of rotatable bonds is 8. The molecule has 0 radical (unpaired) electrons. The van der Waals surface area contributed by atoms with Crippen LogP contribution in [0.25, 0.3) is 0 Å². The lowest BCUT2D eigenvalue weighted by Gasteiger charge is -2.16. The first-order valence-electron chi connectivity index (χ1n) is 7.37. The summed E-state index contributed by atoms with van der Waals surface area (Å²) in [6.07, 6.45) is -0.724. The van der Waals surface area contributed by atoms with Crippen LogP contribution in [-0.4, -0.2) is 25.1 Å². The van der Waals surface area contributed by atoms with Gasteiger partial charge in [-0.25, -0.2) is 4.39 Å². The van der Waals surface area contributed by atoms with Crippen molar-refractivity contribution in [2.24, 2.45) is 5.92 Å². The third-order valence-corrected chi connectivity index (χ3v) is 2.93. The fraction of sp³-hybridized carbons (Fsp3) is 0.562. The molecule has 0 saturated heterocycles. The van der Waals surface area contributed by atoms with E-state index in [0.717, 1.165) is 12.1 Å². The summed E-state index contributed by atoms with van der Waals surface area (Å²) in [6, 6.07) is 4.78. The highest BCUT2D eigenvalue weighted by molar-refractivity contribution is 5.80. The van der Waals surface area contributed by atoms with E-state index in [0.29, 0.717) is 19.0 Å². The number of carbonyl (C=O) groups excluding carboxylic acids is 1. The predicted octanol–water partition coefficient (Wildman–Crippen LogP) is 2.47. The van der Waals surface area contributed by atoms with Gasteiger partial charge in [0.05, 0.1) is 0 Å². The molecule has 118 valence electrons. The van der Waals surface area contributed by atoms with Gasteiger partial charge in [-0.05, 0) is 37.1 Å². The quantitative estimate of drug-likeness (QED) is 0.775. The third-order valence-electron chi connectivity index (χ3n) is 2.93. The maximum absolute atomic E-state index is 13.9. The summed E-state index contributed by atoms with van der Waals surface area (Å²) in [7, 11) is 0. The van der Waals surface area contributed by atoms with Crippen LogP contribution in [0.3, 0.4) is 0 Å². The number of carbonyl (C=O) groups is 1. The van der Waals surface area contributed by atoms with Crippen molar-refractivity contribution in [3.8, 4) is 5.75 Å². The summed E-state index contributed by atoms with van der Waals surface area (Å²) in [5.74, 6) is -0.223. The fourth-order valence-electron chi connectivity index (χ4n) is 1.71. The second kappa shape index (κ2) is 8.62. The van der Waals surface area contributed by atoms with Crippen LogP contribution in [0, 0.1) is 11.7 Å². The summed E-state index contributed by atoms with van der Waals surface area (Å²) < 4.78 is 19.3. The van der Waals surface area contributed by atoms with Gasteiger partial charge in [-0.1, -0.05) is 26.8 Å². The molecule has 1 unspecified atom stereocenters. The first kappa shape index (κ1) is 17.4. The van der Waals surface area contributed by atoms with Crippen LogP contribution < -0.4 is 15.4 Å². The number of amides is 1. The predicted molar refractivity (Wildman–Crippen MR) is 81.7 cm³/mol. The molecule has 1 aromatic carbocycles. The number of halogens is 1. The topological polar surface area (TPSA) is 50.4 Å². The van der Waals surface area contributed by atoms with Gasteiger partial charge < -0.3 is 15.4 Å². The van der Waals surface area contributed by atoms with Crippen molar-refractivity contribution in [1.29, 1.82) is 0 Å². The Balaban J connectivity index is 2.59. The highest BCUT2D eigenvalue weighted by Gasteiger charge is 2.16. The van der Waals surface area contributed by atoms with Crippen LogP contribution in [-0.2, 0) is 11.3 Å². The van der Waals surface area contributed by atoms with Crippen molar-refractivity contribution in [2.75, 3.05) is 13.1 Å². The van der Waals surface area contributed by atoms with Gasteiger partial charge in [0, 0.05) is 13.1 Å². The molecular weight excluding hydrogens is 271 g/mol. The van der Waals surface area contributed by atoms with Crippen molar-refractivity contribution in [2.45, 2.75) is 40.3 Å². The van der Waals surface area contributed by atoms with E-state index in [9.17, 15) is 9.18 Å². The normalized spacial score (nSPS) is 12.3. The molecule has 1 atom stereocenters. The Labute approximate surface area is 126 Å². The average Bonchev–Trinajstić information content (AvgIpc) is 2.44. The Morgan fingerprint density at radius 3 is 2.62 bits per heavy atom. The third kappa shape index (κ3) is 6.12. The maximum Gasteiger partial charge on any atom is 0.260 e. The molecule has 0 aliphatic heterocycles. The molecule has 0 heterocycles. The first-order chi connectivity index (χ1) is 9.93. The second-order valence-corrected chi connectivity index (χ2v) is 5.44. The molecule has 0 aliphatic rings. The molecule has 5 heteroatoms. The molecule has 1 aromatic rings. The van der Waals surface area contributed by atoms with E-state index in [-0.39, 0.29) is 11.7 Å². The summed E-state index contributed by atoms with van der Waals surface area (Å²) in [5.41, 5.74) is 0.846. The van der Waals surface area contributed by atoms with E-state index >= 15 is 0 Å². The Bertz CT molecular complexity index is 464. The molecule has 0 spiro atoms. The van der Waals surface area contributed by atoms with E-state index in [1.165, 1.54) is 6.07 Å². The summed E-state index contributed by atoms with van der Waals surface area (Å²) in [5, 5.41) is 5.89. The van der Waals surface area contributed by atoms with Crippen LogP contribution in [0.5, 0.6) is 5.75 Å². The minimum Gasteiger partial charge on any atom is -0.478 e. The van der Waals surface area contributed by atoms with Gasteiger partial charge >= 0.3 is 0 Å². The van der Waals surface area contributed by atoms with Crippen LogP contribution in [0.2, 0.25) is 0 Å². The van der Waals surface area contributed by atoms with Gasteiger partial charge in [-0.2, -0.15) is 0 Å². The van der Waals surface area contributed by atoms with E-state index in [1.807, 2.05) is 20.8 Å². The van der Waals surface area contributed by atoms with Crippen molar-refractivity contribution >= 4 is 5.91 Å². The van der Waals surface area contributed by atoms with Gasteiger partial charge in [-0.15, -0.1) is 0 Å². The standard InChI is InChI=1S/C16H25FN2O2/c1-5-18-10-13-6-7-15(14(17)8-13)21-12(4)16(20)19-9-11(2)3/h6-8,11-12,18H,5,9-10H2,1-4H3,(H,19,20). The summed E-state index contributed by atoms with van der Waals surface area (Å²) >= 11 is 0.